The third-order valence-corrected chi connectivity index (χ3v) is 6.12. The minimum Gasteiger partial charge on any atom is -0.382 e. The molecule has 3 N–H and O–H groups in total. The number of likely N-dealkylation sites (tertiary alicyclic amines) is 2. The third-order valence-electron chi connectivity index (χ3n) is 5.94. The Labute approximate surface area is 197 Å². The van der Waals surface area contributed by atoms with Crippen LogP contribution in [0.5, 0.6) is 0 Å². The summed E-state index contributed by atoms with van der Waals surface area (Å²) in [6.07, 6.45) is 2.59. The van der Waals surface area contributed by atoms with Crippen molar-refractivity contribution in [3.63, 3.8) is 0 Å². The van der Waals surface area contributed by atoms with Gasteiger partial charge in [0, 0.05) is 52.4 Å². The second kappa shape index (κ2) is 9.94. The fraction of sp³-hybridized carbons (Fsp3) is 0.524. The lowest BCUT2D eigenvalue weighted by Gasteiger charge is -2.30. The van der Waals surface area contributed by atoms with Gasteiger partial charge in [-0.1, -0.05) is 11.6 Å². The first kappa shape index (κ1) is 23.3. The summed E-state index contributed by atoms with van der Waals surface area (Å²) in [6.45, 7) is 6.56. The first-order valence-corrected chi connectivity index (χ1v) is 11.4. The van der Waals surface area contributed by atoms with E-state index in [1.165, 1.54) is 42.4 Å². The molecule has 5 rings (SSSR count). The van der Waals surface area contributed by atoms with Gasteiger partial charge in [0.1, 0.15) is 11.5 Å². The molecule has 11 nitrogen and oxygen atoms in total. The normalized spacial score (nSPS) is 16.0. The van der Waals surface area contributed by atoms with Gasteiger partial charge < -0.3 is 11.1 Å². The molecule has 2 aliphatic rings. The van der Waals surface area contributed by atoms with Gasteiger partial charge in [0.15, 0.2) is 11.0 Å². The first-order chi connectivity index (χ1) is 15.8. The molecule has 2 saturated heterocycles. The molecule has 2 aliphatic heterocycles. The van der Waals surface area contributed by atoms with Crippen LogP contribution in [-0.4, -0.2) is 65.3 Å². The van der Waals surface area contributed by atoms with Crippen molar-refractivity contribution in [2.45, 2.75) is 25.9 Å². The van der Waals surface area contributed by atoms with Gasteiger partial charge in [0.25, 0.3) is 5.56 Å². The number of anilines is 3. The predicted octanol–water partition coefficient (Wildman–Crippen LogP) is 1.32. The van der Waals surface area contributed by atoms with Crippen LogP contribution >= 0.6 is 11.6 Å². The van der Waals surface area contributed by atoms with Crippen LogP contribution in [0.3, 0.4) is 0 Å². The smallest absolute Gasteiger partial charge is 0.290 e. The number of hydrogen-bond donors (Lipinski definition) is 2. The lowest BCUT2D eigenvalue weighted by molar-refractivity contribution is 0.168. The van der Waals surface area contributed by atoms with Gasteiger partial charge in [-0.05, 0) is 39.0 Å². The summed E-state index contributed by atoms with van der Waals surface area (Å²) in [5, 5.41) is 15.6. The molecule has 0 bridgehead atoms. The zero-order valence-corrected chi connectivity index (χ0v) is 20.1. The minimum atomic E-state index is -0.241. The second-order valence-electron chi connectivity index (χ2n) is 8.52. The summed E-state index contributed by atoms with van der Waals surface area (Å²) in [5.74, 6) is 1.25. The van der Waals surface area contributed by atoms with Crippen LogP contribution in [0.1, 0.15) is 24.2 Å². The van der Waals surface area contributed by atoms with Gasteiger partial charge in [0.05, 0.1) is 11.4 Å². The number of aryl methyl sites for hydroxylation is 3. The van der Waals surface area contributed by atoms with E-state index < -0.39 is 0 Å². The molecule has 5 heterocycles. The zero-order valence-electron chi connectivity index (χ0n) is 19.3. The van der Waals surface area contributed by atoms with Gasteiger partial charge in [0.2, 0.25) is 0 Å². The first-order valence-electron chi connectivity index (χ1n) is 11.1. The van der Waals surface area contributed by atoms with E-state index in [2.05, 4.69) is 30.4 Å². The molecule has 0 aliphatic carbocycles. The van der Waals surface area contributed by atoms with Crippen LogP contribution in [0.15, 0.2) is 23.0 Å². The Hall–Kier alpha value is -2.89. The Kier molecular flexibility index (Phi) is 7.01. The maximum absolute atomic E-state index is 12.0. The largest absolute Gasteiger partial charge is 0.382 e. The van der Waals surface area contributed by atoms with Crippen molar-refractivity contribution in [1.82, 2.24) is 39.1 Å². The van der Waals surface area contributed by atoms with E-state index >= 15 is 0 Å². The Balaban J connectivity index is 0.000000183. The second-order valence-corrected chi connectivity index (χ2v) is 8.91. The number of nitrogens with one attached hydrogen (secondary N) is 1. The highest BCUT2D eigenvalue weighted by Gasteiger charge is 2.17. The van der Waals surface area contributed by atoms with Crippen LogP contribution in [0.2, 0.25) is 5.15 Å². The Bertz CT molecular complexity index is 1160. The molecule has 3 aromatic rings. The fourth-order valence-corrected chi connectivity index (χ4v) is 3.95. The Morgan fingerprint density at radius 2 is 1.45 bits per heavy atom. The summed E-state index contributed by atoms with van der Waals surface area (Å²) < 4.78 is 4.89. The molecular weight excluding hydrogens is 444 g/mol. The summed E-state index contributed by atoms with van der Waals surface area (Å²) in [7, 11) is 5.40. The molecule has 0 radical (unpaired) electrons. The van der Waals surface area contributed by atoms with Crippen molar-refractivity contribution >= 4 is 28.9 Å². The minimum absolute atomic E-state index is 0.241. The van der Waals surface area contributed by atoms with E-state index in [0.717, 1.165) is 31.9 Å². The molecule has 0 amide bonds. The lowest BCUT2D eigenvalue weighted by Crippen LogP contribution is -2.36. The van der Waals surface area contributed by atoms with E-state index in [-0.39, 0.29) is 10.7 Å². The number of rotatable bonds is 6. The van der Waals surface area contributed by atoms with Gasteiger partial charge >= 0.3 is 0 Å². The van der Waals surface area contributed by atoms with Crippen LogP contribution in [0.25, 0.3) is 0 Å². The summed E-state index contributed by atoms with van der Waals surface area (Å²) >= 11 is 5.88. The molecule has 12 heteroatoms. The van der Waals surface area contributed by atoms with Crippen LogP contribution in [0.4, 0.5) is 17.3 Å². The summed E-state index contributed by atoms with van der Waals surface area (Å²) in [4.78, 5) is 16.7. The van der Waals surface area contributed by atoms with Crippen molar-refractivity contribution in [3.8, 4) is 0 Å². The molecule has 3 aromatic heterocycles. The van der Waals surface area contributed by atoms with E-state index in [4.69, 9.17) is 17.3 Å². The molecule has 0 atom stereocenters. The molecule has 2 fully saturated rings. The van der Waals surface area contributed by atoms with Gasteiger partial charge in [-0.15, -0.1) is 0 Å². The number of aromatic nitrogens is 6. The highest BCUT2D eigenvalue weighted by atomic mass is 35.5. The van der Waals surface area contributed by atoms with Gasteiger partial charge in [-0.2, -0.15) is 15.3 Å². The monoisotopic (exact) mass is 474 g/mol. The van der Waals surface area contributed by atoms with Crippen molar-refractivity contribution in [2.24, 2.45) is 21.1 Å². The lowest BCUT2D eigenvalue weighted by atomic mass is 10.2. The number of halogens is 1. The Morgan fingerprint density at radius 1 is 0.879 bits per heavy atom. The summed E-state index contributed by atoms with van der Waals surface area (Å²) in [5.41, 5.74) is 8.00. The number of nitrogens with zero attached hydrogens (tertiary/aromatic N) is 8. The average molecular weight is 475 g/mol. The van der Waals surface area contributed by atoms with E-state index in [1.807, 2.05) is 35.6 Å². The number of nitrogens with two attached hydrogens (primary N) is 1. The van der Waals surface area contributed by atoms with Crippen LogP contribution in [-0.2, 0) is 34.2 Å². The quantitative estimate of drug-likeness (QED) is 0.549. The maximum atomic E-state index is 12.0. The van der Waals surface area contributed by atoms with Crippen LogP contribution in [0, 0.1) is 0 Å². The molecule has 33 heavy (non-hydrogen) atoms. The van der Waals surface area contributed by atoms with E-state index in [0.29, 0.717) is 17.3 Å². The molecular formula is C21H31ClN10O. The molecule has 178 valence electrons. The SMILES string of the molecule is Cn1nc(N)cc1CN1CCC1.Cn1nc(Nc2cc(Cl)nn(C)c2=O)cc1CN1CCC1. The van der Waals surface area contributed by atoms with Gasteiger partial charge in [-0.3, -0.25) is 24.0 Å². The standard InChI is InChI=1S/C13H17ClN6O.C8H14N4/c1-18-9(8-20-4-3-5-20)6-12(17-18)15-10-7-11(14)16-19(2)13(10)21;1-11-7(5-8(9)10-11)6-12-3-2-4-12/h6-7H,3-5,8H2,1-2H3,(H,15,17);5H,2-4,6H2,1H3,(H2,9,10). The van der Waals surface area contributed by atoms with Crippen molar-refractivity contribution < 1.29 is 0 Å². The molecule has 0 saturated carbocycles. The molecule has 0 unspecified atom stereocenters. The topological polar surface area (TPSA) is 115 Å². The summed E-state index contributed by atoms with van der Waals surface area (Å²) in [6, 6.07) is 5.40. The highest BCUT2D eigenvalue weighted by Crippen LogP contribution is 2.18. The van der Waals surface area contributed by atoms with Gasteiger partial charge in [-0.25, -0.2) is 4.68 Å². The van der Waals surface area contributed by atoms with E-state index in [9.17, 15) is 4.79 Å². The Morgan fingerprint density at radius 3 is 1.97 bits per heavy atom. The number of nitrogen functional groups attached to an aromatic ring is 1. The van der Waals surface area contributed by atoms with Crippen molar-refractivity contribution in [1.29, 1.82) is 0 Å². The molecule has 0 aromatic carbocycles. The third kappa shape index (κ3) is 5.73. The fourth-order valence-electron chi connectivity index (χ4n) is 3.73. The maximum Gasteiger partial charge on any atom is 0.290 e. The number of hydrogen-bond acceptors (Lipinski definition) is 8. The van der Waals surface area contributed by atoms with Crippen molar-refractivity contribution in [2.75, 3.05) is 37.2 Å². The average Bonchev–Trinajstić information content (AvgIpc) is 3.19. The van der Waals surface area contributed by atoms with E-state index in [1.54, 1.807) is 7.05 Å². The predicted molar refractivity (Wildman–Crippen MR) is 128 cm³/mol. The highest BCUT2D eigenvalue weighted by molar-refractivity contribution is 6.29. The zero-order chi connectivity index (χ0) is 23.5. The molecule has 0 spiro atoms. The van der Waals surface area contributed by atoms with Crippen molar-refractivity contribution in [3.05, 3.63) is 45.1 Å². The van der Waals surface area contributed by atoms with Crippen LogP contribution < -0.4 is 16.6 Å².